The number of carbonyl (C=O) groups excluding carboxylic acids is 2. The first-order chi connectivity index (χ1) is 8.60. The number of benzene rings is 1. The van der Waals surface area contributed by atoms with E-state index in [1.807, 2.05) is 25.1 Å². The predicted molar refractivity (Wildman–Crippen MR) is 74.3 cm³/mol. The van der Waals surface area contributed by atoms with Gasteiger partial charge in [-0.05, 0) is 25.0 Å². The Hall–Kier alpha value is -1.16. The van der Waals surface area contributed by atoms with Crippen LogP contribution in [0.4, 0.5) is 0 Å². The first kappa shape index (κ1) is 14.9. The van der Waals surface area contributed by atoms with Crippen LogP contribution in [0.1, 0.15) is 34.8 Å². The second-order valence-electron chi connectivity index (χ2n) is 3.95. The van der Waals surface area contributed by atoms with Gasteiger partial charge in [-0.2, -0.15) is 0 Å². The molecule has 1 aromatic rings. The van der Waals surface area contributed by atoms with Gasteiger partial charge in [0.1, 0.15) is 0 Å². The fraction of sp³-hybridized carbons (Fsp3) is 0.429. The van der Waals surface area contributed by atoms with E-state index < -0.39 is 0 Å². The van der Waals surface area contributed by atoms with Gasteiger partial charge in [0, 0.05) is 17.3 Å². The highest BCUT2D eigenvalue weighted by Crippen LogP contribution is 2.18. The Bertz CT molecular complexity index is 441. The molecule has 0 heterocycles. The zero-order chi connectivity index (χ0) is 13.5. The summed E-state index contributed by atoms with van der Waals surface area (Å²) in [7, 11) is 0. The van der Waals surface area contributed by atoms with Crippen molar-refractivity contribution >= 4 is 27.7 Å². The number of aryl methyl sites for hydroxylation is 1. The summed E-state index contributed by atoms with van der Waals surface area (Å²) in [5.41, 5.74) is 2.31. The third kappa shape index (κ3) is 3.95. The van der Waals surface area contributed by atoms with E-state index in [1.54, 1.807) is 6.92 Å². The molecule has 1 rings (SSSR count). The van der Waals surface area contributed by atoms with Crippen LogP contribution in [-0.2, 0) is 16.0 Å². The largest absolute Gasteiger partial charge is 0.466 e. The molecule has 0 aliphatic rings. The summed E-state index contributed by atoms with van der Waals surface area (Å²) in [6, 6.07) is 5.55. The Morgan fingerprint density at radius 2 is 2.06 bits per heavy atom. The number of Topliss-reactive ketones (excluding diaryl/α,β-unsaturated/α-hetero) is 1. The molecule has 0 saturated heterocycles. The number of ketones is 1. The summed E-state index contributed by atoms with van der Waals surface area (Å²) in [4.78, 5) is 23.6. The molecule has 0 fully saturated rings. The summed E-state index contributed by atoms with van der Waals surface area (Å²) >= 11 is 3.26. The van der Waals surface area contributed by atoms with Crippen LogP contribution in [0.15, 0.2) is 18.2 Å². The lowest BCUT2D eigenvalue weighted by atomic mass is 9.95. The van der Waals surface area contributed by atoms with Crippen LogP contribution in [0, 0.1) is 6.92 Å². The fourth-order valence-corrected chi connectivity index (χ4v) is 2.21. The third-order valence-corrected chi connectivity index (χ3v) is 3.00. The Labute approximate surface area is 116 Å². The average molecular weight is 313 g/mol. The summed E-state index contributed by atoms with van der Waals surface area (Å²) in [6.45, 7) is 4.01. The Balaban J connectivity index is 3.00. The number of halogens is 1. The lowest BCUT2D eigenvalue weighted by Gasteiger charge is -2.10. The summed E-state index contributed by atoms with van der Waals surface area (Å²) in [5, 5.41) is 0.624. The number of esters is 1. The van der Waals surface area contributed by atoms with E-state index in [0.29, 0.717) is 23.9 Å². The van der Waals surface area contributed by atoms with Crippen molar-refractivity contribution in [3.63, 3.8) is 0 Å². The van der Waals surface area contributed by atoms with Gasteiger partial charge in [-0.1, -0.05) is 34.1 Å². The van der Waals surface area contributed by atoms with Crippen molar-refractivity contribution in [1.82, 2.24) is 0 Å². The number of rotatable bonds is 6. The van der Waals surface area contributed by atoms with Crippen LogP contribution in [0.25, 0.3) is 0 Å². The number of alkyl halides is 1. The van der Waals surface area contributed by atoms with Crippen LogP contribution in [0.5, 0.6) is 0 Å². The van der Waals surface area contributed by atoms with Crippen molar-refractivity contribution in [2.75, 3.05) is 11.9 Å². The van der Waals surface area contributed by atoms with Crippen LogP contribution in [0.2, 0.25) is 0 Å². The van der Waals surface area contributed by atoms with E-state index in [2.05, 4.69) is 15.9 Å². The zero-order valence-electron chi connectivity index (χ0n) is 10.7. The molecule has 0 atom stereocenters. The first-order valence-electron chi connectivity index (χ1n) is 5.93. The lowest BCUT2D eigenvalue weighted by molar-refractivity contribution is -0.142. The van der Waals surface area contributed by atoms with Gasteiger partial charge in [-0.25, -0.2) is 0 Å². The molecule has 0 aromatic heterocycles. The fourth-order valence-electron chi connectivity index (χ4n) is 1.85. The topological polar surface area (TPSA) is 43.4 Å². The molecule has 98 valence electrons. The highest BCUT2D eigenvalue weighted by molar-refractivity contribution is 9.09. The van der Waals surface area contributed by atoms with Gasteiger partial charge in [-0.15, -0.1) is 0 Å². The Kier molecular flexibility index (Phi) is 6.05. The van der Waals surface area contributed by atoms with Crippen molar-refractivity contribution in [3.8, 4) is 0 Å². The summed E-state index contributed by atoms with van der Waals surface area (Å²) < 4.78 is 4.92. The standard InChI is InChI=1S/C14H17BrO3/c1-3-18-13(17)9-11-6-4-5-10(2)14(11)12(16)7-8-15/h4-6H,3,7-9H2,1-2H3. The van der Waals surface area contributed by atoms with Crippen molar-refractivity contribution in [3.05, 3.63) is 34.9 Å². The maximum Gasteiger partial charge on any atom is 0.310 e. The molecule has 3 nitrogen and oxygen atoms in total. The minimum Gasteiger partial charge on any atom is -0.466 e. The molecule has 4 heteroatoms. The van der Waals surface area contributed by atoms with Crippen molar-refractivity contribution in [1.29, 1.82) is 0 Å². The molecule has 0 unspecified atom stereocenters. The van der Waals surface area contributed by atoms with Crippen molar-refractivity contribution < 1.29 is 14.3 Å². The monoisotopic (exact) mass is 312 g/mol. The van der Waals surface area contributed by atoms with Gasteiger partial charge in [0.2, 0.25) is 0 Å². The average Bonchev–Trinajstić information content (AvgIpc) is 2.29. The van der Waals surface area contributed by atoms with Gasteiger partial charge < -0.3 is 4.74 Å². The zero-order valence-corrected chi connectivity index (χ0v) is 12.2. The van der Waals surface area contributed by atoms with E-state index in [-0.39, 0.29) is 18.2 Å². The summed E-state index contributed by atoms with van der Waals surface area (Å²) in [6.07, 6.45) is 0.583. The smallest absolute Gasteiger partial charge is 0.310 e. The number of hydrogen-bond donors (Lipinski definition) is 0. The molecule has 0 aliphatic heterocycles. The first-order valence-corrected chi connectivity index (χ1v) is 7.05. The van der Waals surface area contributed by atoms with Crippen molar-refractivity contribution in [2.24, 2.45) is 0 Å². The molecule has 0 spiro atoms. The molecule has 0 amide bonds. The Morgan fingerprint density at radius 1 is 1.33 bits per heavy atom. The third-order valence-electron chi connectivity index (χ3n) is 2.60. The van der Waals surface area contributed by atoms with Gasteiger partial charge >= 0.3 is 5.97 Å². The highest BCUT2D eigenvalue weighted by atomic mass is 79.9. The number of hydrogen-bond acceptors (Lipinski definition) is 3. The minimum atomic E-state index is -0.295. The molecule has 0 saturated carbocycles. The lowest BCUT2D eigenvalue weighted by Crippen LogP contribution is -2.13. The number of carbonyl (C=O) groups is 2. The van der Waals surface area contributed by atoms with E-state index in [4.69, 9.17) is 4.74 Å². The molecule has 1 aromatic carbocycles. The SMILES string of the molecule is CCOC(=O)Cc1cccc(C)c1C(=O)CCBr. The molecule has 0 N–H and O–H groups in total. The molecule has 18 heavy (non-hydrogen) atoms. The van der Waals surface area contributed by atoms with E-state index in [1.165, 1.54) is 0 Å². The Morgan fingerprint density at radius 3 is 2.67 bits per heavy atom. The quantitative estimate of drug-likeness (QED) is 0.460. The molecular formula is C14H17BrO3. The highest BCUT2D eigenvalue weighted by Gasteiger charge is 2.16. The van der Waals surface area contributed by atoms with Crippen LogP contribution in [0.3, 0.4) is 0 Å². The second kappa shape index (κ2) is 7.31. The maximum atomic E-state index is 12.0. The molecule has 0 aliphatic carbocycles. The normalized spacial score (nSPS) is 10.2. The van der Waals surface area contributed by atoms with E-state index >= 15 is 0 Å². The van der Waals surface area contributed by atoms with E-state index in [0.717, 1.165) is 11.1 Å². The van der Waals surface area contributed by atoms with Gasteiger partial charge in [0.05, 0.1) is 13.0 Å². The van der Waals surface area contributed by atoms with Crippen molar-refractivity contribution in [2.45, 2.75) is 26.7 Å². The minimum absolute atomic E-state index is 0.0595. The van der Waals surface area contributed by atoms with Crippen LogP contribution >= 0.6 is 15.9 Å². The second-order valence-corrected chi connectivity index (χ2v) is 4.75. The predicted octanol–water partition coefficient (Wildman–Crippen LogP) is 3.07. The molecule has 0 radical (unpaired) electrons. The van der Waals surface area contributed by atoms with Gasteiger partial charge in [0.25, 0.3) is 0 Å². The van der Waals surface area contributed by atoms with Crippen LogP contribution in [-0.4, -0.2) is 23.7 Å². The maximum absolute atomic E-state index is 12.0. The van der Waals surface area contributed by atoms with Gasteiger partial charge in [0.15, 0.2) is 5.78 Å². The summed E-state index contributed by atoms with van der Waals surface area (Å²) in [5.74, 6) is -0.236. The number of ether oxygens (including phenoxy) is 1. The van der Waals surface area contributed by atoms with Crippen LogP contribution < -0.4 is 0 Å². The van der Waals surface area contributed by atoms with E-state index in [9.17, 15) is 9.59 Å². The molecule has 0 bridgehead atoms. The van der Waals surface area contributed by atoms with Gasteiger partial charge in [-0.3, -0.25) is 9.59 Å². The molecular weight excluding hydrogens is 296 g/mol.